The summed E-state index contributed by atoms with van der Waals surface area (Å²) in [5, 5.41) is 13.4. The number of rotatable bonds is 5. The van der Waals surface area contributed by atoms with Crippen molar-refractivity contribution in [1.82, 2.24) is 0 Å². The number of nitrogens with one attached hydrogen (secondary N) is 3. The predicted molar refractivity (Wildman–Crippen MR) is 114 cm³/mol. The molecule has 3 nitrogen and oxygen atoms in total. The summed E-state index contributed by atoms with van der Waals surface area (Å²) in [6, 6.07) is 19.3. The molecule has 3 aromatic carbocycles. The molecular formula is C20H21BBrN3. The van der Waals surface area contributed by atoms with Gasteiger partial charge in [-0.3, -0.25) is 0 Å². The Morgan fingerprint density at radius 1 is 1.00 bits per heavy atom. The third-order valence-electron chi connectivity index (χ3n) is 4.67. The molecule has 0 bridgehead atoms. The van der Waals surface area contributed by atoms with Gasteiger partial charge in [0.2, 0.25) is 0 Å². The van der Waals surface area contributed by atoms with Gasteiger partial charge in [-0.1, -0.05) is 53.5 Å². The van der Waals surface area contributed by atoms with Crippen molar-refractivity contribution in [1.29, 1.82) is 0 Å². The molecule has 126 valence electrons. The van der Waals surface area contributed by atoms with Crippen molar-refractivity contribution in [2.24, 2.45) is 0 Å². The molecule has 0 saturated carbocycles. The van der Waals surface area contributed by atoms with Crippen LogP contribution < -0.4 is 21.2 Å². The molecule has 1 aliphatic heterocycles. The summed E-state index contributed by atoms with van der Waals surface area (Å²) in [5.74, 6) is 0. The van der Waals surface area contributed by atoms with Gasteiger partial charge < -0.3 is 15.8 Å². The third kappa shape index (κ3) is 3.21. The second kappa shape index (κ2) is 7.00. The second-order valence-corrected chi connectivity index (χ2v) is 7.36. The van der Waals surface area contributed by atoms with Crippen LogP contribution in [-0.4, -0.2) is 13.5 Å². The number of anilines is 3. The molecule has 0 atom stereocenters. The lowest BCUT2D eigenvalue weighted by Gasteiger charge is -2.28. The maximum absolute atomic E-state index is 3.66. The average Bonchev–Trinajstić information content (AvgIpc) is 2.63. The maximum Gasteiger partial charge on any atom is 0.408 e. The quantitative estimate of drug-likeness (QED) is 0.419. The Bertz CT molecular complexity index is 872. The molecule has 5 heteroatoms. The third-order valence-corrected chi connectivity index (χ3v) is 5.17. The Hall–Kier alpha value is -2.14. The highest BCUT2D eigenvalue weighted by Gasteiger charge is 2.27. The van der Waals surface area contributed by atoms with E-state index in [1.807, 2.05) is 0 Å². The van der Waals surface area contributed by atoms with Gasteiger partial charge in [-0.15, -0.1) is 0 Å². The number of halogens is 1. The number of benzene rings is 3. The zero-order chi connectivity index (χ0) is 17.2. The molecule has 3 aromatic rings. The molecule has 0 radical (unpaired) electrons. The number of unbranched alkanes of at least 4 members (excludes halogenated alkanes) is 1. The first-order valence-electron chi connectivity index (χ1n) is 8.84. The van der Waals surface area contributed by atoms with Gasteiger partial charge in [-0.25, -0.2) is 0 Å². The minimum atomic E-state index is 0.0297. The highest BCUT2D eigenvalue weighted by molar-refractivity contribution is 9.10. The summed E-state index contributed by atoms with van der Waals surface area (Å²) in [5.41, 5.74) is 4.75. The van der Waals surface area contributed by atoms with Crippen LogP contribution in [0.4, 0.5) is 17.1 Å². The van der Waals surface area contributed by atoms with E-state index in [1.165, 1.54) is 46.1 Å². The summed E-state index contributed by atoms with van der Waals surface area (Å²) in [4.78, 5) is 0. The van der Waals surface area contributed by atoms with Gasteiger partial charge in [0.1, 0.15) is 0 Å². The van der Waals surface area contributed by atoms with Crippen molar-refractivity contribution in [3.05, 3.63) is 59.1 Å². The zero-order valence-electron chi connectivity index (χ0n) is 14.3. The van der Waals surface area contributed by atoms with E-state index in [9.17, 15) is 0 Å². The van der Waals surface area contributed by atoms with Crippen molar-refractivity contribution in [3.8, 4) is 0 Å². The van der Waals surface area contributed by atoms with Gasteiger partial charge in [-0.05, 0) is 47.6 Å². The lowest BCUT2D eigenvalue weighted by atomic mass is 9.65. The Morgan fingerprint density at radius 2 is 1.72 bits per heavy atom. The van der Waals surface area contributed by atoms with Gasteiger partial charge in [-0.2, -0.15) is 0 Å². The largest absolute Gasteiger partial charge is 0.408 e. The maximum atomic E-state index is 3.66. The fourth-order valence-corrected chi connectivity index (χ4v) is 3.80. The van der Waals surface area contributed by atoms with Crippen LogP contribution in [0.25, 0.3) is 10.8 Å². The Morgan fingerprint density at radius 3 is 2.40 bits per heavy atom. The standard InChI is InChI=1S/C20H21BBrN3/c1-2-3-12-23-17-11-10-15(22)13-16(17)21-24-18-8-4-6-14-7-5-9-19(25-21)20(14)18/h4-11,13,23-25H,2-3,12H2,1H3. The van der Waals surface area contributed by atoms with Gasteiger partial charge in [0.25, 0.3) is 0 Å². The van der Waals surface area contributed by atoms with Crippen molar-refractivity contribution >= 4 is 56.2 Å². The van der Waals surface area contributed by atoms with Crippen molar-refractivity contribution < 1.29 is 0 Å². The van der Waals surface area contributed by atoms with Gasteiger partial charge in [0.05, 0.1) is 0 Å². The molecule has 0 aromatic heterocycles. The first kappa shape index (κ1) is 16.3. The van der Waals surface area contributed by atoms with E-state index in [2.05, 4.69) is 93.2 Å². The summed E-state index contributed by atoms with van der Waals surface area (Å²) in [6.07, 6.45) is 2.36. The topological polar surface area (TPSA) is 36.1 Å². The number of hydrogen-bond donors (Lipinski definition) is 3. The van der Waals surface area contributed by atoms with Crippen LogP contribution in [0.3, 0.4) is 0 Å². The molecule has 4 rings (SSSR count). The van der Waals surface area contributed by atoms with E-state index in [0.29, 0.717) is 0 Å². The fourth-order valence-electron chi connectivity index (χ4n) is 3.42. The Labute approximate surface area is 157 Å². The monoisotopic (exact) mass is 393 g/mol. The minimum Gasteiger partial charge on any atom is -0.405 e. The van der Waals surface area contributed by atoms with Crippen molar-refractivity contribution in [3.63, 3.8) is 0 Å². The van der Waals surface area contributed by atoms with E-state index in [4.69, 9.17) is 0 Å². The molecule has 1 aliphatic rings. The van der Waals surface area contributed by atoms with E-state index in [-0.39, 0.29) is 6.98 Å². The van der Waals surface area contributed by atoms with Gasteiger partial charge in [0, 0.05) is 33.5 Å². The second-order valence-electron chi connectivity index (χ2n) is 6.44. The molecule has 0 fully saturated rings. The normalized spacial score (nSPS) is 12.6. The summed E-state index contributed by atoms with van der Waals surface area (Å²) in [7, 11) is 0. The lowest BCUT2D eigenvalue weighted by Crippen LogP contribution is -2.48. The van der Waals surface area contributed by atoms with Crippen LogP contribution >= 0.6 is 15.9 Å². The van der Waals surface area contributed by atoms with E-state index in [0.717, 1.165) is 11.0 Å². The molecule has 25 heavy (non-hydrogen) atoms. The summed E-state index contributed by atoms with van der Waals surface area (Å²) in [6.45, 7) is 3.23. The van der Waals surface area contributed by atoms with Crippen LogP contribution in [0.1, 0.15) is 19.8 Å². The molecule has 0 aliphatic carbocycles. The molecule has 0 saturated heterocycles. The highest BCUT2D eigenvalue weighted by Crippen LogP contribution is 2.34. The summed E-state index contributed by atoms with van der Waals surface area (Å²) >= 11 is 3.62. The van der Waals surface area contributed by atoms with Crippen LogP contribution in [0.5, 0.6) is 0 Å². The molecular weight excluding hydrogens is 373 g/mol. The summed E-state index contributed by atoms with van der Waals surface area (Å²) < 4.78 is 1.09. The van der Waals surface area contributed by atoms with Gasteiger partial charge >= 0.3 is 6.98 Å². The van der Waals surface area contributed by atoms with Gasteiger partial charge in [0.15, 0.2) is 0 Å². The fraction of sp³-hybridized carbons (Fsp3) is 0.200. The van der Waals surface area contributed by atoms with E-state index < -0.39 is 0 Å². The average molecular weight is 394 g/mol. The van der Waals surface area contributed by atoms with Crippen LogP contribution in [0.2, 0.25) is 0 Å². The SMILES string of the molecule is CCCCNc1ccc(Br)cc1B1Nc2cccc3cccc(c23)N1. The van der Waals surface area contributed by atoms with Crippen LogP contribution in [0, 0.1) is 0 Å². The number of hydrogen-bond acceptors (Lipinski definition) is 3. The predicted octanol–water partition coefficient (Wildman–Crippen LogP) is 5.05. The molecule has 0 unspecified atom stereocenters. The first-order valence-corrected chi connectivity index (χ1v) is 9.63. The molecule has 0 amide bonds. The van der Waals surface area contributed by atoms with Crippen LogP contribution in [-0.2, 0) is 0 Å². The molecule has 3 N–H and O–H groups in total. The van der Waals surface area contributed by atoms with E-state index in [1.54, 1.807) is 0 Å². The van der Waals surface area contributed by atoms with Crippen LogP contribution in [0.15, 0.2) is 59.1 Å². The van der Waals surface area contributed by atoms with Crippen molar-refractivity contribution in [2.75, 3.05) is 22.3 Å². The lowest BCUT2D eigenvalue weighted by molar-refractivity contribution is 0.835. The highest BCUT2D eigenvalue weighted by atomic mass is 79.9. The molecule has 1 heterocycles. The zero-order valence-corrected chi connectivity index (χ0v) is 15.9. The minimum absolute atomic E-state index is 0.0297. The Kier molecular flexibility index (Phi) is 4.58. The molecule has 0 spiro atoms. The smallest absolute Gasteiger partial charge is 0.405 e. The van der Waals surface area contributed by atoms with Crippen molar-refractivity contribution in [2.45, 2.75) is 19.8 Å². The Balaban J connectivity index is 1.71. The van der Waals surface area contributed by atoms with E-state index >= 15 is 0 Å². The first-order chi connectivity index (χ1) is 12.3.